The Morgan fingerprint density at radius 2 is 1.61 bits per heavy atom. The molecule has 178 valence electrons. The zero-order valence-electron chi connectivity index (χ0n) is 19.4. The number of carbonyl (C=O) groups is 2. The maximum Gasteiger partial charge on any atom is 0.234 e. The number of hydrogen-bond donors (Lipinski definition) is 2. The molecule has 1 fully saturated rings. The molecule has 1 saturated heterocycles. The molecule has 0 atom stereocenters. The van der Waals surface area contributed by atoms with E-state index in [0.29, 0.717) is 62.6 Å². The standard InChI is InChI=1S/C25H32FN3O4/c1-17-4-5-18(12-21(17)26)15-28-25(31)20-8-10-29(11-9-20)16-24(30)27-14-19-6-7-22(32-2)23(13-19)33-3/h4-7,12-13,20H,8-11,14-16H2,1-3H3,(H,27,30)(H,28,31). The predicted molar refractivity (Wildman–Crippen MR) is 124 cm³/mol. The van der Waals surface area contributed by atoms with Crippen LogP contribution in [0.5, 0.6) is 11.5 Å². The summed E-state index contributed by atoms with van der Waals surface area (Å²) in [6, 6.07) is 10.5. The van der Waals surface area contributed by atoms with Gasteiger partial charge in [-0.1, -0.05) is 18.2 Å². The number of nitrogens with one attached hydrogen (secondary N) is 2. The summed E-state index contributed by atoms with van der Waals surface area (Å²) in [6.45, 7) is 4.08. The highest BCUT2D eigenvalue weighted by Gasteiger charge is 2.25. The van der Waals surface area contributed by atoms with Gasteiger partial charge in [-0.25, -0.2) is 4.39 Å². The molecule has 1 aliphatic heterocycles. The van der Waals surface area contributed by atoms with E-state index in [1.165, 1.54) is 6.07 Å². The van der Waals surface area contributed by atoms with Gasteiger partial charge in [0.2, 0.25) is 11.8 Å². The number of rotatable bonds is 9. The zero-order chi connectivity index (χ0) is 23.8. The fourth-order valence-corrected chi connectivity index (χ4v) is 3.88. The van der Waals surface area contributed by atoms with Crippen molar-refractivity contribution < 1.29 is 23.5 Å². The molecule has 3 rings (SSSR count). The first-order valence-electron chi connectivity index (χ1n) is 11.1. The van der Waals surface area contributed by atoms with Crippen LogP contribution in [0.15, 0.2) is 36.4 Å². The molecular formula is C25H32FN3O4. The number of carbonyl (C=O) groups excluding carboxylic acids is 2. The molecule has 0 aliphatic carbocycles. The molecule has 0 saturated carbocycles. The Labute approximate surface area is 194 Å². The Hall–Kier alpha value is -3.13. The van der Waals surface area contributed by atoms with Gasteiger partial charge in [-0.3, -0.25) is 14.5 Å². The zero-order valence-corrected chi connectivity index (χ0v) is 19.4. The van der Waals surface area contributed by atoms with Crippen LogP contribution in [0.25, 0.3) is 0 Å². The van der Waals surface area contributed by atoms with E-state index in [-0.39, 0.29) is 23.5 Å². The highest BCUT2D eigenvalue weighted by Crippen LogP contribution is 2.27. The van der Waals surface area contributed by atoms with Gasteiger partial charge >= 0.3 is 0 Å². The van der Waals surface area contributed by atoms with Crippen LogP contribution in [0.3, 0.4) is 0 Å². The summed E-state index contributed by atoms with van der Waals surface area (Å²) in [5.74, 6) is 0.830. The normalized spacial score (nSPS) is 14.5. The van der Waals surface area contributed by atoms with Crippen LogP contribution in [0, 0.1) is 18.7 Å². The molecule has 0 aromatic heterocycles. The molecule has 8 heteroatoms. The Balaban J connectivity index is 1.38. The van der Waals surface area contributed by atoms with Crippen molar-refractivity contribution in [1.82, 2.24) is 15.5 Å². The van der Waals surface area contributed by atoms with Gasteiger partial charge in [0.1, 0.15) is 5.82 Å². The molecule has 2 aromatic carbocycles. The van der Waals surface area contributed by atoms with Gasteiger partial charge in [-0.2, -0.15) is 0 Å². The second kappa shape index (κ2) is 11.7. The second-order valence-electron chi connectivity index (χ2n) is 8.32. The van der Waals surface area contributed by atoms with E-state index in [0.717, 1.165) is 11.1 Å². The fourth-order valence-electron chi connectivity index (χ4n) is 3.88. The van der Waals surface area contributed by atoms with Gasteiger partial charge in [-0.15, -0.1) is 0 Å². The van der Waals surface area contributed by atoms with Crippen LogP contribution in [0.4, 0.5) is 4.39 Å². The highest BCUT2D eigenvalue weighted by molar-refractivity contribution is 5.79. The lowest BCUT2D eigenvalue weighted by Crippen LogP contribution is -2.44. The number of methoxy groups -OCH3 is 2. The molecule has 1 heterocycles. The summed E-state index contributed by atoms with van der Waals surface area (Å²) in [7, 11) is 3.16. The van der Waals surface area contributed by atoms with E-state index in [1.807, 2.05) is 24.3 Å². The SMILES string of the molecule is COc1ccc(CNC(=O)CN2CCC(C(=O)NCc3ccc(C)c(F)c3)CC2)cc1OC. The number of hydrogen-bond acceptors (Lipinski definition) is 5. The monoisotopic (exact) mass is 457 g/mol. The van der Waals surface area contributed by atoms with Crippen LogP contribution in [-0.2, 0) is 22.7 Å². The van der Waals surface area contributed by atoms with Gasteiger partial charge in [0.15, 0.2) is 11.5 Å². The summed E-state index contributed by atoms with van der Waals surface area (Å²) < 4.78 is 24.2. The first kappa shape index (κ1) is 24.5. The van der Waals surface area contributed by atoms with Crippen molar-refractivity contribution in [2.45, 2.75) is 32.9 Å². The van der Waals surface area contributed by atoms with Crippen molar-refractivity contribution in [3.05, 3.63) is 58.9 Å². The number of amides is 2. The molecule has 0 spiro atoms. The summed E-state index contributed by atoms with van der Waals surface area (Å²) >= 11 is 0. The van der Waals surface area contributed by atoms with Gasteiger partial charge in [0, 0.05) is 19.0 Å². The quantitative estimate of drug-likeness (QED) is 0.605. The van der Waals surface area contributed by atoms with Gasteiger partial charge in [-0.05, 0) is 67.7 Å². The summed E-state index contributed by atoms with van der Waals surface area (Å²) in [5, 5.41) is 5.83. The lowest BCUT2D eigenvalue weighted by atomic mass is 9.95. The maximum atomic E-state index is 13.7. The summed E-state index contributed by atoms with van der Waals surface area (Å²) in [5.41, 5.74) is 2.25. The number of nitrogens with zero attached hydrogens (tertiary/aromatic N) is 1. The molecule has 0 radical (unpaired) electrons. The van der Waals surface area contributed by atoms with Crippen molar-refractivity contribution in [1.29, 1.82) is 0 Å². The molecule has 33 heavy (non-hydrogen) atoms. The number of likely N-dealkylation sites (tertiary alicyclic amines) is 1. The van der Waals surface area contributed by atoms with E-state index in [1.54, 1.807) is 27.2 Å². The van der Waals surface area contributed by atoms with Crippen molar-refractivity contribution in [2.75, 3.05) is 33.9 Å². The topological polar surface area (TPSA) is 79.9 Å². The first-order valence-corrected chi connectivity index (χ1v) is 11.1. The van der Waals surface area contributed by atoms with Gasteiger partial charge < -0.3 is 20.1 Å². The molecule has 2 N–H and O–H groups in total. The lowest BCUT2D eigenvalue weighted by Gasteiger charge is -2.30. The largest absolute Gasteiger partial charge is 0.493 e. The average Bonchev–Trinajstić information content (AvgIpc) is 2.83. The van der Waals surface area contributed by atoms with E-state index < -0.39 is 0 Å². The number of aryl methyl sites for hydroxylation is 1. The average molecular weight is 458 g/mol. The van der Waals surface area contributed by atoms with E-state index >= 15 is 0 Å². The molecule has 0 unspecified atom stereocenters. The first-order chi connectivity index (χ1) is 15.9. The van der Waals surface area contributed by atoms with Gasteiger partial charge in [0.25, 0.3) is 0 Å². The minimum Gasteiger partial charge on any atom is -0.493 e. The van der Waals surface area contributed by atoms with Crippen LogP contribution >= 0.6 is 0 Å². The van der Waals surface area contributed by atoms with Crippen LogP contribution in [0.2, 0.25) is 0 Å². The predicted octanol–water partition coefficient (Wildman–Crippen LogP) is 2.80. The number of halogens is 1. The smallest absolute Gasteiger partial charge is 0.234 e. The number of benzene rings is 2. The Bertz CT molecular complexity index is 974. The number of ether oxygens (including phenoxy) is 2. The number of piperidine rings is 1. The Morgan fingerprint density at radius 3 is 2.27 bits per heavy atom. The van der Waals surface area contributed by atoms with Crippen molar-refractivity contribution in [3.8, 4) is 11.5 Å². The van der Waals surface area contributed by atoms with E-state index in [9.17, 15) is 14.0 Å². The minimum absolute atomic E-state index is 0.0199. The minimum atomic E-state index is -0.264. The molecule has 0 bridgehead atoms. The molecule has 2 amide bonds. The Kier molecular flexibility index (Phi) is 8.65. The van der Waals surface area contributed by atoms with E-state index in [2.05, 4.69) is 15.5 Å². The summed E-state index contributed by atoms with van der Waals surface area (Å²) in [6.07, 6.45) is 1.38. The molecule has 1 aliphatic rings. The third-order valence-electron chi connectivity index (χ3n) is 5.97. The van der Waals surface area contributed by atoms with Crippen molar-refractivity contribution >= 4 is 11.8 Å². The fraction of sp³-hybridized carbons (Fsp3) is 0.440. The molecule has 7 nitrogen and oxygen atoms in total. The van der Waals surface area contributed by atoms with E-state index in [4.69, 9.17) is 9.47 Å². The van der Waals surface area contributed by atoms with Crippen molar-refractivity contribution in [3.63, 3.8) is 0 Å². The van der Waals surface area contributed by atoms with Crippen LogP contribution in [-0.4, -0.2) is 50.6 Å². The maximum absolute atomic E-state index is 13.7. The van der Waals surface area contributed by atoms with Crippen LogP contribution < -0.4 is 20.1 Å². The Morgan fingerprint density at radius 1 is 0.970 bits per heavy atom. The van der Waals surface area contributed by atoms with Gasteiger partial charge in [0.05, 0.1) is 20.8 Å². The second-order valence-corrected chi connectivity index (χ2v) is 8.32. The van der Waals surface area contributed by atoms with Crippen LogP contribution in [0.1, 0.15) is 29.5 Å². The lowest BCUT2D eigenvalue weighted by molar-refractivity contribution is -0.127. The summed E-state index contributed by atoms with van der Waals surface area (Å²) in [4.78, 5) is 26.9. The third kappa shape index (κ3) is 6.92. The molecule has 2 aromatic rings. The van der Waals surface area contributed by atoms with Crippen molar-refractivity contribution in [2.24, 2.45) is 5.92 Å². The highest BCUT2D eigenvalue weighted by atomic mass is 19.1. The molecular weight excluding hydrogens is 425 g/mol. The third-order valence-corrected chi connectivity index (χ3v) is 5.97.